The highest BCUT2D eigenvalue weighted by molar-refractivity contribution is 7.99. The van der Waals surface area contributed by atoms with Crippen molar-refractivity contribution in [3.8, 4) is 11.5 Å². The Morgan fingerprint density at radius 2 is 1.56 bits per heavy atom. The Kier molecular flexibility index (Phi) is 4.20. The molecule has 3 nitrogen and oxygen atoms in total. The number of hydrogen-bond acceptors (Lipinski definition) is 4. The number of aromatic hydroxyl groups is 2. The first-order chi connectivity index (χ1) is 12.2. The van der Waals surface area contributed by atoms with Gasteiger partial charge in [-0.25, -0.2) is 0 Å². The maximum atomic E-state index is 10.3. The molecule has 1 aliphatic heterocycles. The number of para-hydroxylation sites is 2. The van der Waals surface area contributed by atoms with Gasteiger partial charge in [0.1, 0.15) is 11.5 Å². The summed E-state index contributed by atoms with van der Waals surface area (Å²) in [6, 6.07) is 22.7. The van der Waals surface area contributed by atoms with Crippen LogP contribution >= 0.6 is 11.8 Å². The molecule has 0 aliphatic carbocycles. The Labute approximate surface area is 150 Å². The Hall–Kier alpha value is -2.72. The molecule has 0 saturated heterocycles. The molecule has 4 heteroatoms. The third kappa shape index (κ3) is 3.26. The van der Waals surface area contributed by atoms with Crippen molar-refractivity contribution >= 4 is 23.2 Å². The van der Waals surface area contributed by atoms with Crippen molar-refractivity contribution in [2.75, 3.05) is 0 Å². The third-order valence-corrected chi connectivity index (χ3v) is 5.57. The van der Waals surface area contributed by atoms with E-state index in [0.29, 0.717) is 6.42 Å². The number of nitrogens with zero attached hydrogens (tertiary/aromatic N) is 1. The molecule has 0 spiro atoms. The van der Waals surface area contributed by atoms with Gasteiger partial charge < -0.3 is 10.2 Å². The molecule has 1 heterocycles. The van der Waals surface area contributed by atoms with E-state index in [1.807, 2.05) is 48.5 Å². The lowest BCUT2D eigenvalue weighted by molar-refractivity contribution is 0.474. The van der Waals surface area contributed by atoms with Gasteiger partial charge in [-0.2, -0.15) is 0 Å². The van der Waals surface area contributed by atoms with E-state index in [4.69, 9.17) is 4.99 Å². The number of aliphatic imine (C=N–C) groups is 1. The van der Waals surface area contributed by atoms with Crippen molar-refractivity contribution in [2.45, 2.75) is 16.6 Å². The van der Waals surface area contributed by atoms with Gasteiger partial charge >= 0.3 is 0 Å². The van der Waals surface area contributed by atoms with Crippen molar-refractivity contribution in [3.05, 3.63) is 83.9 Å². The number of benzene rings is 3. The largest absolute Gasteiger partial charge is 0.508 e. The predicted molar refractivity (Wildman–Crippen MR) is 102 cm³/mol. The molecule has 0 saturated carbocycles. The average Bonchev–Trinajstić information content (AvgIpc) is 2.82. The monoisotopic (exact) mass is 347 g/mol. The number of phenolic OH excluding ortho intramolecular Hbond substituents is 2. The molecular formula is C21H17NO2S. The van der Waals surface area contributed by atoms with Crippen LogP contribution in [0.4, 0.5) is 5.69 Å². The van der Waals surface area contributed by atoms with Gasteiger partial charge in [0.25, 0.3) is 0 Å². The van der Waals surface area contributed by atoms with E-state index in [0.717, 1.165) is 27.4 Å². The average molecular weight is 347 g/mol. The summed E-state index contributed by atoms with van der Waals surface area (Å²) in [7, 11) is 0. The van der Waals surface area contributed by atoms with Crippen LogP contribution in [0.3, 0.4) is 0 Å². The zero-order valence-electron chi connectivity index (χ0n) is 13.5. The number of fused-ring (bicyclic) bond motifs is 1. The molecule has 3 aromatic rings. The van der Waals surface area contributed by atoms with Gasteiger partial charge in [-0.15, -0.1) is 11.8 Å². The Balaban J connectivity index is 1.82. The molecule has 1 aliphatic rings. The van der Waals surface area contributed by atoms with Crippen LogP contribution in [-0.4, -0.2) is 15.9 Å². The minimum absolute atomic E-state index is 0.155. The molecule has 0 amide bonds. The second-order valence-electron chi connectivity index (χ2n) is 5.95. The highest BCUT2D eigenvalue weighted by Crippen LogP contribution is 2.46. The van der Waals surface area contributed by atoms with E-state index in [2.05, 4.69) is 6.07 Å². The Bertz CT molecular complexity index is 935. The quantitative estimate of drug-likeness (QED) is 0.647. The molecule has 2 N–H and O–H groups in total. The second kappa shape index (κ2) is 6.65. The van der Waals surface area contributed by atoms with Gasteiger partial charge in [0.15, 0.2) is 0 Å². The lowest BCUT2D eigenvalue weighted by Crippen LogP contribution is -2.05. The molecule has 0 aromatic heterocycles. The lowest BCUT2D eigenvalue weighted by Gasteiger charge is -2.16. The fourth-order valence-corrected chi connectivity index (χ4v) is 4.21. The summed E-state index contributed by atoms with van der Waals surface area (Å²) in [6.07, 6.45) is 0.696. The summed E-state index contributed by atoms with van der Waals surface area (Å²) < 4.78 is 0. The van der Waals surface area contributed by atoms with Gasteiger partial charge in [0.05, 0.1) is 11.4 Å². The predicted octanol–water partition coefficient (Wildman–Crippen LogP) is 5.46. The van der Waals surface area contributed by atoms with E-state index in [9.17, 15) is 10.2 Å². The van der Waals surface area contributed by atoms with Crippen LogP contribution in [0.2, 0.25) is 0 Å². The molecule has 0 unspecified atom stereocenters. The minimum Gasteiger partial charge on any atom is -0.508 e. The molecule has 0 bridgehead atoms. The van der Waals surface area contributed by atoms with E-state index >= 15 is 0 Å². The lowest BCUT2D eigenvalue weighted by atomic mass is 10.0. The second-order valence-corrected chi connectivity index (χ2v) is 7.19. The van der Waals surface area contributed by atoms with Crippen molar-refractivity contribution in [3.63, 3.8) is 0 Å². The van der Waals surface area contributed by atoms with Crippen molar-refractivity contribution in [1.29, 1.82) is 0 Å². The zero-order chi connectivity index (χ0) is 17.2. The SMILES string of the molecule is Oc1ccc([C@@H]2CC(c3ccccc3O)=Nc3ccccc3S2)cc1. The number of rotatable bonds is 2. The van der Waals surface area contributed by atoms with E-state index in [1.54, 1.807) is 30.0 Å². The summed E-state index contributed by atoms with van der Waals surface area (Å²) in [5, 5.41) is 20.0. The molecule has 0 fully saturated rings. The molecule has 4 rings (SSSR count). The van der Waals surface area contributed by atoms with E-state index in [-0.39, 0.29) is 16.7 Å². The standard InChI is InChI=1S/C21H17NO2S/c23-15-11-9-14(10-12-15)21-13-18(16-5-1-3-7-19(16)24)22-17-6-2-4-8-20(17)25-21/h1-12,21,23-24H,13H2/t21-/m0/s1. The molecule has 0 radical (unpaired) electrons. The topological polar surface area (TPSA) is 52.8 Å². The molecule has 3 aromatic carbocycles. The van der Waals surface area contributed by atoms with Gasteiger partial charge in [-0.3, -0.25) is 4.99 Å². The first-order valence-corrected chi connectivity index (χ1v) is 8.99. The fourth-order valence-electron chi connectivity index (χ4n) is 2.97. The summed E-state index contributed by atoms with van der Waals surface area (Å²) >= 11 is 1.76. The maximum Gasteiger partial charge on any atom is 0.124 e. The molecule has 124 valence electrons. The first kappa shape index (κ1) is 15.8. The summed E-state index contributed by atoms with van der Waals surface area (Å²) in [5.41, 5.74) is 3.69. The summed E-state index contributed by atoms with van der Waals surface area (Å²) in [5.74, 6) is 0.507. The normalized spacial score (nSPS) is 16.6. The van der Waals surface area contributed by atoms with Crippen LogP contribution in [0.5, 0.6) is 11.5 Å². The molecule has 25 heavy (non-hydrogen) atoms. The highest BCUT2D eigenvalue weighted by atomic mass is 32.2. The van der Waals surface area contributed by atoms with Crippen LogP contribution in [0.25, 0.3) is 0 Å². The van der Waals surface area contributed by atoms with Gasteiger partial charge in [0, 0.05) is 22.1 Å². The molecular weight excluding hydrogens is 330 g/mol. The van der Waals surface area contributed by atoms with Gasteiger partial charge in [-0.1, -0.05) is 36.4 Å². The van der Waals surface area contributed by atoms with Crippen LogP contribution in [0.1, 0.15) is 22.8 Å². The van der Waals surface area contributed by atoms with Crippen LogP contribution < -0.4 is 0 Å². The fraction of sp³-hybridized carbons (Fsp3) is 0.0952. The summed E-state index contributed by atoms with van der Waals surface area (Å²) in [4.78, 5) is 5.97. The van der Waals surface area contributed by atoms with Crippen LogP contribution in [0.15, 0.2) is 82.7 Å². The van der Waals surface area contributed by atoms with E-state index in [1.165, 1.54) is 0 Å². The van der Waals surface area contributed by atoms with Gasteiger partial charge in [-0.05, 0) is 42.0 Å². The zero-order valence-corrected chi connectivity index (χ0v) is 14.3. The van der Waals surface area contributed by atoms with Crippen molar-refractivity contribution < 1.29 is 10.2 Å². The number of phenols is 2. The smallest absolute Gasteiger partial charge is 0.124 e. The highest BCUT2D eigenvalue weighted by Gasteiger charge is 2.23. The maximum absolute atomic E-state index is 10.3. The van der Waals surface area contributed by atoms with Crippen LogP contribution in [0, 0.1) is 0 Å². The van der Waals surface area contributed by atoms with E-state index < -0.39 is 0 Å². The Morgan fingerprint density at radius 3 is 2.36 bits per heavy atom. The minimum atomic E-state index is 0.155. The van der Waals surface area contributed by atoms with Crippen molar-refractivity contribution in [1.82, 2.24) is 0 Å². The number of thioether (sulfide) groups is 1. The first-order valence-electron chi connectivity index (χ1n) is 8.11. The number of hydrogen-bond donors (Lipinski definition) is 2. The molecule has 1 atom stereocenters. The van der Waals surface area contributed by atoms with Crippen molar-refractivity contribution in [2.24, 2.45) is 4.99 Å². The van der Waals surface area contributed by atoms with Crippen LogP contribution in [-0.2, 0) is 0 Å². The van der Waals surface area contributed by atoms with Gasteiger partial charge in [0.2, 0.25) is 0 Å². The summed E-state index contributed by atoms with van der Waals surface area (Å²) in [6.45, 7) is 0. The Morgan fingerprint density at radius 1 is 0.840 bits per heavy atom. The third-order valence-electron chi connectivity index (χ3n) is 4.25.